The maximum atomic E-state index is 11.3. The van der Waals surface area contributed by atoms with Gasteiger partial charge in [-0.2, -0.15) is 0 Å². The van der Waals surface area contributed by atoms with Crippen molar-refractivity contribution in [3.63, 3.8) is 0 Å². The molecule has 1 N–H and O–H groups in total. The lowest BCUT2D eigenvalue weighted by Gasteiger charge is -2.20. The number of nitrogens with zero attached hydrogens (tertiary/aromatic N) is 1. The van der Waals surface area contributed by atoms with Crippen LogP contribution in [0.25, 0.3) is 0 Å². The molecule has 0 fully saturated rings. The molecule has 1 unspecified atom stereocenters. The van der Waals surface area contributed by atoms with Gasteiger partial charge in [-0.15, -0.1) is 0 Å². The number of ether oxygens (including phenoxy) is 1. The molecule has 0 amide bonds. The van der Waals surface area contributed by atoms with Crippen LogP contribution in [-0.2, 0) is 9.53 Å². The molecule has 0 bridgehead atoms. The Labute approximate surface area is 122 Å². The fourth-order valence-corrected chi connectivity index (χ4v) is 2.02. The lowest BCUT2D eigenvalue weighted by molar-refractivity contribution is -0.143. The van der Waals surface area contributed by atoms with Crippen molar-refractivity contribution in [3.8, 4) is 0 Å². The van der Waals surface area contributed by atoms with Gasteiger partial charge in [-0.25, -0.2) is 0 Å². The summed E-state index contributed by atoms with van der Waals surface area (Å²) in [5.41, 5.74) is 1.23. The van der Waals surface area contributed by atoms with Gasteiger partial charge in [-0.3, -0.25) is 4.79 Å². The van der Waals surface area contributed by atoms with Crippen molar-refractivity contribution in [1.82, 2.24) is 5.32 Å². The summed E-state index contributed by atoms with van der Waals surface area (Å²) < 4.78 is 4.93. The minimum Gasteiger partial charge on any atom is -0.466 e. The molecule has 1 rings (SSSR count). The molecule has 0 saturated carbocycles. The van der Waals surface area contributed by atoms with Crippen LogP contribution in [0.4, 0.5) is 5.69 Å². The number of benzene rings is 1. The number of rotatable bonds is 9. The summed E-state index contributed by atoms with van der Waals surface area (Å²) in [5, 5.41) is 3.35. The van der Waals surface area contributed by atoms with E-state index in [1.807, 2.05) is 32.0 Å². The van der Waals surface area contributed by atoms with Crippen molar-refractivity contribution in [2.45, 2.75) is 32.7 Å². The molecular weight excluding hydrogens is 252 g/mol. The van der Waals surface area contributed by atoms with E-state index < -0.39 is 0 Å². The van der Waals surface area contributed by atoms with E-state index in [0.717, 1.165) is 19.5 Å². The van der Waals surface area contributed by atoms with Crippen molar-refractivity contribution in [2.75, 3.05) is 31.6 Å². The Kier molecular flexibility index (Phi) is 7.73. The predicted molar refractivity (Wildman–Crippen MR) is 83.0 cm³/mol. The summed E-state index contributed by atoms with van der Waals surface area (Å²) in [6, 6.07) is 10.5. The first-order valence-electron chi connectivity index (χ1n) is 7.28. The molecular formula is C16H26N2O2. The molecule has 1 aromatic rings. The highest BCUT2D eigenvalue weighted by Gasteiger charge is 2.08. The first-order chi connectivity index (χ1) is 9.63. The standard InChI is InChI=1S/C16H26N2O2/c1-4-20-16(19)13-14(2)17-11-8-12-18(3)15-9-6-5-7-10-15/h5-7,9-10,14,17H,4,8,11-13H2,1-3H3. The van der Waals surface area contributed by atoms with Gasteiger partial charge in [-0.1, -0.05) is 18.2 Å². The molecule has 0 heterocycles. The smallest absolute Gasteiger partial charge is 0.307 e. The number of nitrogens with one attached hydrogen (secondary N) is 1. The van der Waals surface area contributed by atoms with Gasteiger partial charge in [0.2, 0.25) is 0 Å². The zero-order chi connectivity index (χ0) is 14.8. The van der Waals surface area contributed by atoms with Gasteiger partial charge in [0.1, 0.15) is 0 Å². The van der Waals surface area contributed by atoms with Crippen molar-refractivity contribution in [3.05, 3.63) is 30.3 Å². The van der Waals surface area contributed by atoms with Crippen LogP contribution in [-0.4, -0.2) is 38.8 Å². The molecule has 0 aliphatic heterocycles. The van der Waals surface area contributed by atoms with Crippen LogP contribution in [0.1, 0.15) is 26.7 Å². The van der Waals surface area contributed by atoms with Crippen LogP contribution >= 0.6 is 0 Å². The summed E-state index contributed by atoms with van der Waals surface area (Å²) in [6.45, 7) is 6.18. The molecule has 1 aromatic carbocycles. The minimum atomic E-state index is -0.131. The lowest BCUT2D eigenvalue weighted by Crippen LogP contribution is -2.32. The normalized spacial score (nSPS) is 11.9. The maximum absolute atomic E-state index is 11.3. The maximum Gasteiger partial charge on any atom is 0.307 e. The monoisotopic (exact) mass is 278 g/mol. The Hall–Kier alpha value is -1.55. The highest BCUT2D eigenvalue weighted by Crippen LogP contribution is 2.10. The summed E-state index contributed by atoms with van der Waals surface area (Å²) in [7, 11) is 2.09. The molecule has 20 heavy (non-hydrogen) atoms. The van der Waals surface area contributed by atoms with Crippen molar-refractivity contribution in [1.29, 1.82) is 0 Å². The van der Waals surface area contributed by atoms with Gasteiger partial charge in [0.15, 0.2) is 0 Å². The van der Waals surface area contributed by atoms with E-state index in [1.54, 1.807) is 0 Å². The highest BCUT2D eigenvalue weighted by atomic mass is 16.5. The third-order valence-corrected chi connectivity index (χ3v) is 3.14. The molecule has 0 aromatic heterocycles. The fourth-order valence-electron chi connectivity index (χ4n) is 2.02. The first kappa shape index (κ1) is 16.5. The quantitative estimate of drug-likeness (QED) is 0.556. The Morgan fingerprint density at radius 1 is 1.35 bits per heavy atom. The summed E-state index contributed by atoms with van der Waals surface area (Å²) in [6.07, 6.45) is 1.47. The number of carbonyl (C=O) groups is 1. The van der Waals surface area contributed by atoms with E-state index in [4.69, 9.17) is 4.74 Å². The van der Waals surface area contributed by atoms with Crippen molar-refractivity contribution in [2.24, 2.45) is 0 Å². The zero-order valence-electron chi connectivity index (χ0n) is 12.8. The third-order valence-electron chi connectivity index (χ3n) is 3.14. The van der Waals surface area contributed by atoms with E-state index in [-0.39, 0.29) is 12.0 Å². The molecule has 4 heteroatoms. The van der Waals surface area contributed by atoms with Crippen LogP contribution in [0.15, 0.2) is 30.3 Å². The van der Waals surface area contributed by atoms with Crippen LogP contribution in [0.3, 0.4) is 0 Å². The largest absolute Gasteiger partial charge is 0.466 e. The Bertz CT molecular complexity index is 381. The second-order valence-electron chi connectivity index (χ2n) is 4.97. The molecule has 0 aliphatic rings. The van der Waals surface area contributed by atoms with Gasteiger partial charge in [0, 0.05) is 25.3 Å². The van der Waals surface area contributed by atoms with Gasteiger partial charge >= 0.3 is 5.97 Å². The van der Waals surface area contributed by atoms with Crippen molar-refractivity contribution >= 4 is 11.7 Å². The Morgan fingerprint density at radius 3 is 2.70 bits per heavy atom. The molecule has 4 nitrogen and oxygen atoms in total. The Balaban J connectivity index is 2.14. The second kappa shape index (κ2) is 9.37. The molecule has 0 aliphatic carbocycles. The van der Waals surface area contributed by atoms with E-state index >= 15 is 0 Å². The average molecular weight is 278 g/mol. The Morgan fingerprint density at radius 2 is 2.05 bits per heavy atom. The summed E-state index contributed by atoms with van der Waals surface area (Å²) in [5.74, 6) is -0.131. The second-order valence-corrected chi connectivity index (χ2v) is 4.97. The lowest BCUT2D eigenvalue weighted by atomic mass is 10.2. The van der Waals surface area contributed by atoms with E-state index in [2.05, 4.69) is 29.4 Å². The fraction of sp³-hybridized carbons (Fsp3) is 0.562. The van der Waals surface area contributed by atoms with E-state index in [0.29, 0.717) is 13.0 Å². The zero-order valence-corrected chi connectivity index (χ0v) is 12.8. The van der Waals surface area contributed by atoms with Crippen LogP contribution in [0, 0.1) is 0 Å². The van der Waals surface area contributed by atoms with Gasteiger partial charge in [0.25, 0.3) is 0 Å². The number of hydrogen-bond donors (Lipinski definition) is 1. The highest BCUT2D eigenvalue weighted by molar-refractivity contribution is 5.69. The predicted octanol–water partition coefficient (Wildman–Crippen LogP) is 2.44. The number of para-hydroxylation sites is 1. The third kappa shape index (κ3) is 6.57. The van der Waals surface area contributed by atoms with Crippen molar-refractivity contribution < 1.29 is 9.53 Å². The van der Waals surface area contributed by atoms with Gasteiger partial charge < -0.3 is 15.0 Å². The van der Waals surface area contributed by atoms with Crippen LogP contribution in [0.5, 0.6) is 0 Å². The number of hydrogen-bond acceptors (Lipinski definition) is 4. The average Bonchev–Trinajstić information content (AvgIpc) is 2.44. The van der Waals surface area contributed by atoms with Gasteiger partial charge in [-0.05, 0) is 38.9 Å². The molecule has 0 radical (unpaired) electrons. The molecule has 1 atom stereocenters. The molecule has 0 saturated heterocycles. The summed E-state index contributed by atoms with van der Waals surface area (Å²) >= 11 is 0. The van der Waals surface area contributed by atoms with E-state index in [1.165, 1.54) is 5.69 Å². The topological polar surface area (TPSA) is 41.6 Å². The minimum absolute atomic E-state index is 0.131. The molecule has 112 valence electrons. The molecule has 0 spiro atoms. The van der Waals surface area contributed by atoms with Gasteiger partial charge in [0.05, 0.1) is 13.0 Å². The SMILES string of the molecule is CCOC(=O)CC(C)NCCCN(C)c1ccccc1. The number of carbonyl (C=O) groups excluding carboxylic acids is 1. The first-order valence-corrected chi connectivity index (χ1v) is 7.28. The summed E-state index contributed by atoms with van der Waals surface area (Å²) in [4.78, 5) is 13.5. The number of esters is 1. The number of anilines is 1. The van der Waals surface area contributed by atoms with Crippen LogP contribution in [0.2, 0.25) is 0 Å². The van der Waals surface area contributed by atoms with Crippen LogP contribution < -0.4 is 10.2 Å². The van der Waals surface area contributed by atoms with E-state index in [9.17, 15) is 4.79 Å².